The summed E-state index contributed by atoms with van der Waals surface area (Å²) < 4.78 is 20.5. The molecule has 2 fully saturated rings. The fourth-order valence-corrected chi connectivity index (χ4v) is 5.10. The Morgan fingerprint density at radius 3 is 2.60 bits per heavy atom. The maximum absolute atomic E-state index is 15.4. The molecule has 0 unspecified atom stereocenters. The highest BCUT2D eigenvalue weighted by atomic mass is 32.2. The number of aromatic nitrogens is 4. The average molecular weight is 491 g/mol. The van der Waals surface area contributed by atoms with Gasteiger partial charge >= 0.3 is 0 Å². The Morgan fingerprint density at radius 2 is 1.86 bits per heavy atom. The largest absolute Gasteiger partial charge is 0.507 e. The summed E-state index contributed by atoms with van der Waals surface area (Å²) in [5.74, 6) is -0.515. The number of anilines is 1. The van der Waals surface area contributed by atoms with Gasteiger partial charge in [0.05, 0.1) is 5.69 Å². The third-order valence-corrected chi connectivity index (χ3v) is 7.35. The molecule has 4 aromatic rings. The van der Waals surface area contributed by atoms with E-state index in [4.69, 9.17) is 0 Å². The van der Waals surface area contributed by atoms with E-state index in [1.54, 1.807) is 18.6 Å². The molecule has 4 heterocycles. The minimum Gasteiger partial charge on any atom is -0.507 e. The van der Waals surface area contributed by atoms with Crippen LogP contribution in [0.1, 0.15) is 53.3 Å². The second kappa shape index (κ2) is 8.94. The lowest BCUT2D eigenvalue weighted by Crippen LogP contribution is -2.13. The molecular weight excluding hydrogens is 467 g/mol. The molecule has 0 bridgehead atoms. The van der Waals surface area contributed by atoms with E-state index in [1.165, 1.54) is 30.5 Å². The Labute approximate surface area is 205 Å². The number of fused-ring (bicyclic) bond motifs is 1. The van der Waals surface area contributed by atoms with Crippen LogP contribution in [0.5, 0.6) is 5.75 Å². The van der Waals surface area contributed by atoms with Gasteiger partial charge in [-0.2, -0.15) is 0 Å². The SMILES string of the molecule is O=C(c1c(O)ccc(NSN2CCCC2)c1F)c1c[nH]c2ncc(-c3cnc(C4CC4)nc3)cc12. The maximum Gasteiger partial charge on any atom is 0.202 e. The molecule has 1 aromatic carbocycles. The lowest BCUT2D eigenvalue weighted by atomic mass is 10.00. The van der Waals surface area contributed by atoms with Gasteiger partial charge in [-0.3, -0.25) is 4.79 Å². The summed E-state index contributed by atoms with van der Waals surface area (Å²) in [5, 5.41) is 10.9. The van der Waals surface area contributed by atoms with E-state index in [9.17, 15) is 9.90 Å². The van der Waals surface area contributed by atoms with Crippen LogP contribution in [0.2, 0.25) is 0 Å². The van der Waals surface area contributed by atoms with Gasteiger partial charge in [0, 0.05) is 78.0 Å². The first kappa shape index (κ1) is 22.0. The van der Waals surface area contributed by atoms with Crippen molar-refractivity contribution in [2.45, 2.75) is 31.6 Å². The number of aromatic hydroxyl groups is 1. The number of ketones is 1. The maximum atomic E-state index is 15.4. The first-order valence-corrected chi connectivity index (χ1v) is 12.4. The van der Waals surface area contributed by atoms with E-state index in [2.05, 4.69) is 29.0 Å². The molecule has 3 aromatic heterocycles. The number of nitrogens with one attached hydrogen (secondary N) is 2. The molecule has 1 saturated heterocycles. The van der Waals surface area contributed by atoms with Crippen molar-refractivity contribution in [2.75, 3.05) is 17.8 Å². The number of nitrogens with zero attached hydrogens (tertiary/aromatic N) is 4. The highest BCUT2D eigenvalue weighted by Gasteiger charge is 2.27. The molecule has 3 N–H and O–H groups in total. The van der Waals surface area contributed by atoms with Crippen LogP contribution in [0.3, 0.4) is 0 Å². The molecule has 0 spiro atoms. The number of halogens is 1. The van der Waals surface area contributed by atoms with Gasteiger partial charge in [-0.05, 0) is 43.9 Å². The number of hydrogen-bond acceptors (Lipinski definition) is 8. The monoisotopic (exact) mass is 490 g/mol. The third-order valence-electron chi connectivity index (χ3n) is 6.42. The van der Waals surface area contributed by atoms with E-state index in [-0.39, 0.29) is 16.8 Å². The van der Waals surface area contributed by atoms with Crippen molar-refractivity contribution in [1.29, 1.82) is 0 Å². The van der Waals surface area contributed by atoms with E-state index in [1.807, 2.05) is 6.07 Å². The molecule has 8 nitrogen and oxygen atoms in total. The molecule has 6 rings (SSSR count). The number of rotatable bonds is 7. The number of aromatic amines is 1. The zero-order valence-electron chi connectivity index (χ0n) is 18.8. The number of carbonyl (C=O) groups excluding carboxylic acids is 1. The topological polar surface area (TPSA) is 107 Å². The van der Waals surface area contributed by atoms with Crippen LogP contribution in [0.15, 0.2) is 43.0 Å². The number of phenolic OH excluding ortho intramolecular Hbond substituents is 1. The highest BCUT2D eigenvalue weighted by molar-refractivity contribution is 7.98. The third kappa shape index (κ3) is 4.23. The van der Waals surface area contributed by atoms with Crippen LogP contribution in [0.25, 0.3) is 22.2 Å². The van der Waals surface area contributed by atoms with Crippen LogP contribution in [-0.2, 0) is 0 Å². The van der Waals surface area contributed by atoms with Crippen LogP contribution < -0.4 is 4.72 Å². The van der Waals surface area contributed by atoms with Gasteiger partial charge in [0.2, 0.25) is 5.78 Å². The van der Waals surface area contributed by atoms with Gasteiger partial charge in [-0.1, -0.05) is 0 Å². The van der Waals surface area contributed by atoms with Crippen molar-refractivity contribution in [2.24, 2.45) is 0 Å². The standard InChI is InChI=1S/C25H23FN6O2S/c26-22-19(31-35-32-7-1-2-8-32)5-6-20(33)21(22)23(34)18-13-30-25-17(18)9-15(10-29-25)16-11-27-24(28-12-16)14-3-4-14/h5-6,9-14,31,33H,1-4,7-8H2,(H,29,30). The highest BCUT2D eigenvalue weighted by Crippen LogP contribution is 2.38. The van der Waals surface area contributed by atoms with Gasteiger partial charge in [-0.15, -0.1) is 0 Å². The molecule has 2 aliphatic rings. The first-order chi connectivity index (χ1) is 17.1. The Kier molecular flexibility index (Phi) is 5.62. The smallest absolute Gasteiger partial charge is 0.202 e. The van der Waals surface area contributed by atoms with Crippen LogP contribution >= 0.6 is 12.1 Å². The molecular formula is C25H23FN6O2S. The Balaban J connectivity index is 1.32. The van der Waals surface area contributed by atoms with Crippen molar-refractivity contribution in [3.05, 3.63) is 65.8 Å². The minimum absolute atomic E-state index is 0.148. The average Bonchev–Trinajstić information content (AvgIpc) is 3.42. The van der Waals surface area contributed by atoms with Gasteiger partial charge in [0.25, 0.3) is 0 Å². The van der Waals surface area contributed by atoms with E-state index < -0.39 is 17.3 Å². The summed E-state index contributed by atoms with van der Waals surface area (Å²) in [6.07, 6.45) is 11.1. The number of hydrogen-bond donors (Lipinski definition) is 3. The quantitative estimate of drug-likeness (QED) is 0.188. The van der Waals surface area contributed by atoms with Crippen molar-refractivity contribution in [3.8, 4) is 16.9 Å². The normalized spacial score (nSPS) is 16.1. The van der Waals surface area contributed by atoms with E-state index >= 15 is 4.39 Å². The number of carbonyl (C=O) groups is 1. The Hall–Kier alpha value is -3.50. The molecule has 178 valence electrons. The summed E-state index contributed by atoms with van der Waals surface area (Å²) >= 11 is 1.31. The Morgan fingerprint density at radius 1 is 1.11 bits per heavy atom. The summed E-state index contributed by atoms with van der Waals surface area (Å²) in [6.45, 7) is 1.84. The first-order valence-electron chi connectivity index (χ1n) is 11.6. The number of phenols is 1. The van der Waals surface area contributed by atoms with Crippen molar-refractivity contribution in [3.63, 3.8) is 0 Å². The molecule has 35 heavy (non-hydrogen) atoms. The second-order valence-corrected chi connectivity index (χ2v) is 9.81. The Bertz CT molecular complexity index is 1410. The van der Waals surface area contributed by atoms with Crippen molar-refractivity contribution < 1.29 is 14.3 Å². The lowest BCUT2D eigenvalue weighted by Gasteiger charge is -2.16. The van der Waals surface area contributed by atoms with Gasteiger partial charge < -0.3 is 14.8 Å². The molecule has 1 aliphatic carbocycles. The van der Waals surface area contributed by atoms with Crippen LogP contribution in [-0.4, -0.2) is 48.2 Å². The minimum atomic E-state index is -0.788. The fourth-order valence-electron chi connectivity index (χ4n) is 4.28. The van der Waals surface area contributed by atoms with Gasteiger partial charge in [-0.25, -0.2) is 23.6 Å². The molecule has 10 heteroatoms. The molecule has 1 aliphatic heterocycles. The second-order valence-electron chi connectivity index (χ2n) is 8.91. The lowest BCUT2D eigenvalue weighted by molar-refractivity contribution is 0.103. The number of H-pyrrole nitrogens is 1. The van der Waals surface area contributed by atoms with Gasteiger partial charge in [0.1, 0.15) is 22.8 Å². The fraction of sp³-hybridized carbons (Fsp3) is 0.280. The van der Waals surface area contributed by atoms with Crippen LogP contribution in [0, 0.1) is 5.82 Å². The van der Waals surface area contributed by atoms with Crippen molar-refractivity contribution in [1.82, 2.24) is 24.2 Å². The van der Waals surface area contributed by atoms with E-state index in [0.29, 0.717) is 17.0 Å². The molecule has 0 radical (unpaired) electrons. The van der Waals surface area contributed by atoms with Gasteiger partial charge in [0.15, 0.2) is 5.82 Å². The summed E-state index contributed by atoms with van der Waals surface area (Å²) in [7, 11) is 0. The zero-order chi connectivity index (χ0) is 23.9. The van der Waals surface area contributed by atoms with Crippen LogP contribution in [0.4, 0.5) is 10.1 Å². The predicted octanol–water partition coefficient (Wildman–Crippen LogP) is 5.04. The molecule has 0 atom stereocenters. The number of pyridine rings is 1. The predicted molar refractivity (Wildman–Crippen MR) is 133 cm³/mol. The summed E-state index contributed by atoms with van der Waals surface area (Å²) in [6, 6.07) is 4.58. The van der Waals surface area contributed by atoms with Crippen molar-refractivity contribution >= 4 is 34.6 Å². The molecule has 1 saturated carbocycles. The summed E-state index contributed by atoms with van der Waals surface area (Å²) in [5.41, 5.74) is 2.02. The molecule has 0 amide bonds. The zero-order valence-corrected chi connectivity index (χ0v) is 19.6. The number of benzene rings is 1. The van der Waals surface area contributed by atoms with E-state index in [0.717, 1.165) is 55.7 Å². The summed E-state index contributed by atoms with van der Waals surface area (Å²) in [4.78, 5) is 29.7.